The van der Waals surface area contributed by atoms with Crippen LogP contribution in [0.1, 0.15) is 31.2 Å². The monoisotopic (exact) mass is 399 g/mol. The topological polar surface area (TPSA) is 53.8 Å². The first kappa shape index (κ1) is 18.8. The second kappa shape index (κ2) is 7.83. The Morgan fingerprint density at radius 2 is 1.82 bits per heavy atom. The largest absolute Gasteiger partial charge is 0.323 e. The average molecular weight is 399 g/mol. The van der Waals surface area contributed by atoms with Gasteiger partial charge in [-0.05, 0) is 37.8 Å². The summed E-state index contributed by atoms with van der Waals surface area (Å²) in [6, 6.07) is 12.7. The van der Waals surface area contributed by atoms with Gasteiger partial charge in [0, 0.05) is 11.6 Å². The van der Waals surface area contributed by atoms with E-state index in [9.17, 15) is 13.6 Å². The van der Waals surface area contributed by atoms with Crippen molar-refractivity contribution >= 4 is 34.1 Å². The molecule has 0 atom stereocenters. The van der Waals surface area contributed by atoms with Crippen molar-refractivity contribution < 1.29 is 13.6 Å². The van der Waals surface area contributed by atoms with E-state index in [2.05, 4.69) is 5.32 Å². The quantitative estimate of drug-likeness (QED) is 0.802. The molecule has 0 unspecified atom stereocenters. The van der Waals surface area contributed by atoms with Crippen molar-refractivity contribution in [1.82, 2.24) is 0 Å². The van der Waals surface area contributed by atoms with Gasteiger partial charge in [0.05, 0.1) is 17.2 Å². The zero-order valence-corrected chi connectivity index (χ0v) is 15.9. The van der Waals surface area contributed by atoms with Crippen molar-refractivity contribution in [2.75, 3.05) is 11.1 Å². The van der Waals surface area contributed by atoms with Crippen LogP contribution in [0.25, 0.3) is 0 Å². The van der Waals surface area contributed by atoms with Crippen LogP contribution in [0.4, 0.5) is 14.5 Å². The lowest BCUT2D eigenvalue weighted by atomic mass is 10.1. The Morgan fingerprint density at radius 1 is 1.07 bits per heavy atom. The molecule has 0 saturated heterocycles. The van der Waals surface area contributed by atoms with Crippen LogP contribution < -0.4 is 5.32 Å². The Balaban J connectivity index is 1.49. The third-order valence-electron chi connectivity index (χ3n) is 4.83. The van der Waals surface area contributed by atoms with E-state index in [1.165, 1.54) is 11.8 Å². The Labute approximate surface area is 166 Å². The van der Waals surface area contributed by atoms with E-state index in [4.69, 9.17) is 9.98 Å². The van der Waals surface area contributed by atoms with Gasteiger partial charge in [-0.2, -0.15) is 0 Å². The fourth-order valence-electron chi connectivity index (χ4n) is 3.49. The van der Waals surface area contributed by atoms with Crippen molar-refractivity contribution in [3.63, 3.8) is 0 Å². The predicted octanol–water partition coefficient (Wildman–Crippen LogP) is 4.81. The number of hydrogen-bond donors (Lipinski definition) is 1. The molecule has 1 saturated carbocycles. The maximum atomic E-state index is 13.7. The summed E-state index contributed by atoms with van der Waals surface area (Å²) in [4.78, 5) is 22.0. The first-order valence-electron chi connectivity index (χ1n) is 9.18. The summed E-state index contributed by atoms with van der Waals surface area (Å²) < 4.78 is 27.0. The molecule has 2 aliphatic rings. The highest BCUT2D eigenvalue weighted by molar-refractivity contribution is 8.16. The van der Waals surface area contributed by atoms with E-state index < -0.39 is 23.2 Å². The van der Waals surface area contributed by atoms with Gasteiger partial charge in [0.15, 0.2) is 5.66 Å². The molecule has 4 nitrogen and oxygen atoms in total. The highest BCUT2D eigenvalue weighted by Gasteiger charge is 2.39. The number of nitrogens with zero attached hydrogens (tertiary/aromatic N) is 2. The summed E-state index contributed by atoms with van der Waals surface area (Å²) in [6.45, 7) is 0. The molecular weight excluding hydrogens is 380 g/mol. The molecule has 1 fully saturated rings. The molecule has 0 radical (unpaired) electrons. The molecule has 2 aromatic carbocycles. The molecular formula is C21H19F2N3OS. The molecule has 1 amide bonds. The first-order valence-corrected chi connectivity index (χ1v) is 10.2. The summed E-state index contributed by atoms with van der Waals surface area (Å²) in [5.74, 6) is -1.66. The van der Waals surface area contributed by atoms with Gasteiger partial charge in [0.2, 0.25) is 5.91 Å². The van der Waals surface area contributed by atoms with Crippen LogP contribution in [0.2, 0.25) is 0 Å². The van der Waals surface area contributed by atoms with E-state index >= 15 is 0 Å². The number of amides is 1. The van der Waals surface area contributed by atoms with E-state index in [0.29, 0.717) is 0 Å². The number of rotatable bonds is 4. The fraction of sp³-hybridized carbons (Fsp3) is 0.286. The summed E-state index contributed by atoms with van der Waals surface area (Å²) in [5.41, 5.74) is 1.20. The van der Waals surface area contributed by atoms with E-state index in [0.717, 1.165) is 60.2 Å². The minimum atomic E-state index is -0.672. The summed E-state index contributed by atoms with van der Waals surface area (Å²) in [5, 5.41) is 3.15. The Hall–Kier alpha value is -2.54. The number of nitrogens with one attached hydrogen (secondary N) is 1. The normalized spacial score (nSPS) is 17.5. The minimum Gasteiger partial charge on any atom is -0.323 e. The van der Waals surface area contributed by atoms with Gasteiger partial charge >= 0.3 is 0 Å². The predicted molar refractivity (Wildman–Crippen MR) is 109 cm³/mol. The summed E-state index contributed by atoms with van der Waals surface area (Å²) >= 11 is 1.28. The molecule has 28 heavy (non-hydrogen) atoms. The lowest BCUT2D eigenvalue weighted by Gasteiger charge is -2.14. The van der Waals surface area contributed by atoms with Crippen LogP contribution in [0.3, 0.4) is 0 Å². The van der Waals surface area contributed by atoms with Crippen LogP contribution in [0.15, 0.2) is 58.5 Å². The maximum Gasteiger partial charge on any atom is 0.234 e. The number of benzene rings is 2. The second-order valence-electron chi connectivity index (χ2n) is 6.89. The average Bonchev–Trinajstić information content (AvgIpc) is 3.31. The SMILES string of the molecule is O=C(CSC1=NC2(CCCC2)N=C1c1ccccc1)Nc1cc(F)ccc1F. The molecule has 0 bridgehead atoms. The molecule has 7 heteroatoms. The van der Waals surface area contributed by atoms with Gasteiger partial charge in [-0.25, -0.2) is 13.8 Å². The molecule has 1 aliphatic carbocycles. The number of thioether (sulfide) groups is 1. The van der Waals surface area contributed by atoms with Crippen molar-refractivity contribution in [2.45, 2.75) is 31.3 Å². The molecule has 144 valence electrons. The smallest absolute Gasteiger partial charge is 0.234 e. The maximum absolute atomic E-state index is 13.7. The van der Waals surface area contributed by atoms with Gasteiger partial charge in [-0.15, -0.1) is 0 Å². The Bertz CT molecular complexity index is 953. The zero-order chi connectivity index (χ0) is 19.6. The van der Waals surface area contributed by atoms with E-state index in [1.54, 1.807) is 0 Å². The fourth-order valence-corrected chi connectivity index (χ4v) is 4.36. The number of carbonyl (C=O) groups is 1. The van der Waals surface area contributed by atoms with Gasteiger partial charge in [0.1, 0.15) is 16.7 Å². The molecule has 0 aromatic heterocycles. The molecule has 4 rings (SSSR count). The molecule has 1 heterocycles. The third kappa shape index (κ3) is 3.99. The number of halogens is 2. The molecule has 1 spiro atoms. The van der Waals surface area contributed by atoms with E-state index in [-0.39, 0.29) is 11.4 Å². The van der Waals surface area contributed by atoms with Crippen molar-refractivity contribution in [2.24, 2.45) is 9.98 Å². The van der Waals surface area contributed by atoms with Crippen molar-refractivity contribution in [3.05, 3.63) is 65.7 Å². The first-order chi connectivity index (χ1) is 13.5. The Kier molecular flexibility index (Phi) is 5.26. The third-order valence-corrected chi connectivity index (χ3v) is 5.79. The highest BCUT2D eigenvalue weighted by atomic mass is 32.2. The number of carbonyl (C=O) groups excluding carboxylic acids is 1. The van der Waals surface area contributed by atoms with Crippen molar-refractivity contribution in [3.8, 4) is 0 Å². The van der Waals surface area contributed by atoms with Gasteiger partial charge in [0.25, 0.3) is 0 Å². The van der Waals surface area contributed by atoms with Crippen LogP contribution in [0.5, 0.6) is 0 Å². The minimum absolute atomic E-state index is 0.0384. The Morgan fingerprint density at radius 3 is 2.57 bits per heavy atom. The molecule has 1 aliphatic heterocycles. The second-order valence-corrected chi connectivity index (χ2v) is 7.86. The van der Waals surface area contributed by atoms with E-state index in [1.807, 2.05) is 30.3 Å². The summed E-state index contributed by atoms with van der Waals surface area (Å²) in [6.07, 6.45) is 4.00. The lowest BCUT2D eigenvalue weighted by molar-refractivity contribution is -0.113. The summed E-state index contributed by atoms with van der Waals surface area (Å²) in [7, 11) is 0. The highest BCUT2D eigenvalue weighted by Crippen LogP contribution is 2.40. The van der Waals surface area contributed by atoms with Crippen molar-refractivity contribution in [1.29, 1.82) is 0 Å². The van der Waals surface area contributed by atoms with Crippen LogP contribution >= 0.6 is 11.8 Å². The molecule has 1 N–H and O–H groups in total. The lowest BCUT2D eigenvalue weighted by Crippen LogP contribution is -2.18. The van der Waals surface area contributed by atoms with Crippen LogP contribution in [-0.4, -0.2) is 28.1 Å². The van der Waals surface area contributed by atoms with Gasteiger partial charge in [-0.1, -0.05) is 42.1 Å². The zero-order valence-electron chi connectivity index (χ0n) is 15.1. The number of anilines is 1. The van der Waals surface area contributed by atoms with Gasteiger partial charge < -0.3 is 5.32 Å². The van der Waals surface area contributed by atoms with Crippen LogP contribution in [-0.2, 0) is 4.79 Å². The van der Waals surface area contributed by atoms with Gasteiger partial charge in [-0.3, -0.25) is 9.79 Å². The number of aliphatic imine (C=N–C) groups is 2. The van der Waals surface area contributed by atoms with Crippen LogP contribution in [0, 0.1) is 11.6 Å². The molecule has 2 aromatic rings. The standard InChI is InChI=1S/C21H19F2N3OS/c22-15-8-9-16(23)17(12-15)24-18(27)13-28-20-19(14-6-2-1-3-7-14)25-21(26-20)10-4-5-11-21/h1-3,6-9,12H,4-5,10-11,13H2,(H,24,27). The number of hydrogen-bond acceptors (Lipinski definition) is 4.